The van der Waals surface area contributed by atoms with Crippen molar-refractivity contribution in [1.82, 2.24) is 5.32 Å². The van der Waals surface area contributed by atoms with Gasteiger partial charge in [0.25, 0.3) is 0 Å². The third-order valence-electron chi connectivity index (χ3n) is 4.60. The van der Waals surface area contributed by atoms with E-state index < -0.39 is 9.84 Å². The lowest BCUT2D eigenvalue weighted by Gasteiger charge is -2.30. The lowest BCUT2D eigenvalue weighted by molar-refractivity contribution is 0.378. The molecule has 2 fully saturated rings. The molecule has 0 spiro atoms. The van der Waals surface area contributed by atoms with Gasteiger partial charge in [-0.3, -0.25) is 0 Å². The minimum Gasteiger partial charge on any atom is -0.316 e. The molecule has 4 atom stereocenters. The van der Waals surface area contributed by atoms with Crippen LogP contribution in [0.3, 0.4) is 0 Å². The molecule has 4 heteroatoms. The monoisotopic (exact) mass is 259 g/mol. The number of rotatable bonds is 3. The van der Waals surface area contributed by atoms with Crippen LogP contribution < -0.4 is 5.32 Å². The van der Waals surface area contributed by atoms with E-state index in [2.05, 4.69) is 12.2 Å². The molecule has 0 aliphatic heterocycles. The van der Waals surface area contributed by atoms with Crippen LogP contribution in [0.4, 0.5) is 0 Å². The molecule has 17 heavy (non-hydrogen) atoms. The lowest BCUT2D eigenvalue weighted by atomic mass is 9.90. The molecule has 100 valence electrons. The fraction of sp³-hybridized carbons (Fsp3) is 1.00. The van der Waals surface area contributed by atoms with Crippen molar-refractivity contribution in [3.8, 4) is 0 Å². The largest absolute Gasteiger partial charge is 0.316 e. The molecule has 2 aliphatic rings. The molecular formula is C13H25NO2S. The Labute approximate surface area is 105 Å². The Hall–Kier alpha value is -0.0900. The van der Waals surface area contributed by atoms with Crippen LogP contribution in [0.5, 0.6) is 0 Å². The number of hydrogen-bond acceptors (Lipinski definition) is 3. The van der Waals surface area contributed by atoms with E-state index in [1.54, 1.807) is 0 Å². The van der Waals surface area contributed by atoms with E-state index in [9.17, 15) is 8.42 Å². The van der Waals surface area contributed by atoms with Crippen LogP contribution >= 0.6 is 0 Å². The van der Waals surface area contributed by atoms with Gasteiger partial charge in [0.2, 0.25) is 0 Å². The first kappa shape index (κ1) is 13.3. The number of sulfone groups is 1. The van der Waals surface area contributed by atoms with Crippen LogP contribution in [0.15, 0.2) is 0 Å². The molecule has 4 unspecified atom stereocenters. The summed E-state index contributed by atoms with van der Waals surface area (Å²) < 4.78 is 25.3. The van der Waals surface area contributed by atoms with Gasteiger partial charge in [-0.2, -0.15) is 0 Å². The normalized spacial score (nSPS) is 39.4. The Kier molecular flexibility index (Phi) is 4.14. The van der Waals surface area contributed by atoms with Gasteiger partial charge in [-0.05, 0) is 38.6 Å². The zero-order valence-corrected chi connectivity index (χ0v) is 11.8. The van der Waals surface area contributed by atoms with Crippen molar-refractivity contribution in [2.75, 3.05) is 7.05 Å². The maximum atomic E-state index is 12.7. The first-order chi connectivity index (χ1) is 8.05. The summed E-state index contributed by atoms with van der Waals surface area (Å²) in [5, 5.41) is 3.00. The molecule has 3 nitrogen and oxygen atoms in total. The molecule has 0 saturated heterocycles. The maximum absolute atomic E-state index is 12.7. The zero-order chi connectivity index (χ0) is 12.5. The SMILES string of the molecule is CNC1CCCC1S(=O)(=O)C1CCCC(C)C1. The first-order valence-electron chi connectivity index (χ1n) is 6.95. The molecule has 0 amide bonds. The Bertz CT molecular complexity index is 352. The second kappa shape index (κ2) is 5.27. The highest BCUT2D eigenvalue weighted by Gasteiger charge is 2.42. The van der Waals surface area contributed by atoms with Crippen LogP contribution in [0.1, 0.15) is 51.9 Å². The van der Waals surface area contributed by atoms with E-state index in [4.69, 9.17) is 0 Å². The molecule has 0 aromatic heterocycles. The van der Waals surface area contributed by atoms with Crippen LogP contribution in [0, 0.1) is 5.92 Å². The van der Waals surface area contributed by atoms with Gasteiger partial charge in [-0.1, -0.05) is 26.2 Å². The highest BCUT2D eigenvalue weighted by molar-refractivity contribution is 7.92. The predicted molar refractivity (Wildman–Crippen MR) is 70.8 cm³/mol. The topological polar surface area (TPSA) is 46.2 Å². The molecule has 2 rings (SSSR count). The minimum absolute atomic E-state index is 0.0646. The molecule has 0 heterocycles. The Morgan fingerprint density at radius 3 is 2.41 bits per heavy atom. The second-order valence-corrected chi connectivity index (χ2v) is 8.30. The highest BCUT2D eigenvalue weighted by Crippen LogP contribution is 2.35. The van der Waals surface area contributed by atoms with E-state index >= 15 is 0 Å². The standard InChI is InChI=1S/C13H25NO2S/c1-10-5-3-6-11(9-10)17(15,16)13-8-4-7-12(13)14-2/h10-14H,3-9H2,1-2H3. The van der Waals surface area contributed by atoms with Crippen molar-refractivity contribution in [3.05, 3.63) is 0 Å². The fourth-order valence-corrected chi connectivity index (χ4v) is 6.39. The number of nitrogens with one attached hydrogen (secondary N) is 1. The Morgan fingerprint density at radius 1 is 1.06 bits per heavy atom. The summed E-state index contributed by atoms with van der Waals surface area (Å²) in [6.45, 7) is 2.19. The van der Waals surface area contributed by atoms with Crippen molar-refractivity contribution in [3.63, 3.8) is 0 Å². The van der Waals surface area contributed by atoms with Crippen molar-refractivity contribution in [2.45, 2.75) is 68.4 Å². The van der Waals surface area contributed by atoms with Crippen molar-refractivity contribution < 1.29 is 8.42 Å². The summed E-state index contributed by atoms with van der Waals surface area (Å²) in [5.74, 6) is 0.581. The van der Waals surface area contributed by atoms with Crippen LogP contribution in [-0.2, 0) is 9.84 Å². The molecule has 2 aliphatic carbocycles. The molecular weight excluding hydrogens is 234 g/mol. The van der Waals surface area contributed by atoms with E-state index in [1.165, 1.54) is 6.42 Å². The van der Waals surface area contributed by atoms with Gasteiger partial charge in [-0.15, -0.1) is 0 Å². The van der Waals surface area contributed by atoms with E-state index in [0.29, 0.717) is 5.92 Å². The molecule has 1 N–H and O–H groups in total. The van der Waals surface area contributed by atoms with Gasteiger partial charge in [-0.25, -0.2) is 8.42 Å². The third kappa shape index (κ3) is 2.68. The molecule has 0 aromatic carbocycles. The quantitative estimate of drug-likeness (QED) is 0.844. The summed E-state index contributed by atoms with van der Waals surface area (Å²) in [5.41, 5.74) is 0. The third-order valence-corrected chi connectivity index (χ3v) is 7.36. The van der Waals surface area contributed by atoms with Crippen LogP contribution in [-0.4, -0.2) is 32.0 Å². The van der Waals surface area contributed by atoms with Gasteiger partial charge in [0.15, 0.2) is 9.84 Å². The summed E-state index contributed by atoms with van der Waals surface area (Å²) in [6, 6.07) is 0.192. The molecule has 0 aromatic rings. The highest BCUT2D eigenvalue weighted by atomic mass is 32.2. The Morgan fingerprint density at radius 2 is 1.76 bits per heavy atom. The fourth-order valence-electron chi connectivity index (χ4n) is 3.57. The summed E-state index contributed by atoms with van der Waals surface area (Å²) >= 11 is 0. The molecule has 0 bridgehead atoms. The maximum Gasteiger partial charge on any atom is 0.157 e. The van der Waals surface area contributed by atoms with Gasteiger partial charge in [0.05, 0.1) is 10.5 Å². The van der Waals surface area contributed by atoms with Gasteiger partial charge in [0.1, 0.15) is 0 Å². The second-order valence-electron chi connectivity index (χ2n) is 5.85. The van der Waals surface area contributed by atoms with E-state index in [1.807, 2.05) is 7.05 Å². The molecule has 0 radical (unpaired) electrons. The zero-order valence-electron chi connectivity index (χ0n) is 11.0. The van der Waals surface area contributed by atoms with E-state index in [-0.39, 0.29) is 16.5 Å². The van der Waals surface area contributed by atoms with Crippen LogP contribution in [0.2, 0.25) is 0 Å². The van der Waals surface area contributed by atoms with Crippen molar-refractivity contribution in [2.24, 2.45) is 5.92 Å². The average Bonchev–Trinajstić information content (AvgIpc) is 2.77. The van der Waals surface area contributed by atoms with Crippen molar-refractivity contribution >= 4 is 9.84 Å². The molecule has 2 saturated carbocycles. The summed E-state index contributed by atoms with van der Waals surface area (Å²) in [4.78, 5) is 0. The minimum atomic E-state index is -2.92. The Balaban J connectivity index is 2.12. The summed E-state index contributed by atoms with van der Waals surface area (Å²) in [7, 11) is -1.03. The smallest absolute Gasteiger partial charge is 0.157 e. The van der Waals surface area contributed by atoms with E-state index in [0.717, 1.165) is 38.5 Å². The summed E-state index contributed by atoms with van der Waals surface area (Å²) in [6.07, 6.45) is 6.99. The van der Waals surface area contributed by atoms with Gasteiger partial charge < -0.3 is 5.32 Å². The number of hydrogen-bond donors (Lipinski definition) is 1. The first-order valence-corrected chi connectivity index (χ1v) is 8.56. The predicted octanol–water partition coefficient (Wildman–Crippen LogP) is 2.12. The van der Waals surface area contributed by atoms with Gasteiger partial charge >= 0.3 is 0 Å². The van der Waals surface area contributed by atoms with Crippen LogP contribution in [0.25, 0.3) is 0 Å². The van der Waals surface area contributed by atoms with Gasteiger partial charge in [0, 0.05) is 6.04 Å². The average molecular weight is 259 g/mol. The lowest BCUT2D eigenvalue weighted by Crippen LogP contribution is -2.43. The van der Waals surface area contributed by atoms with Crippen molar-refractivity contribution in [1.29, 1.82) is 0 Å².